The van der Waals surface area contributed by atoms with E-state index in [-0.39, 0.29) is 17.4 Å². The molecular weight excluding hydrogens is 482 g/mol. The van der Waals surface area contributed by atoms with Crippen LogP contribution >= 0.6 is 0 Å². The van der Waals surface area contributed by atoms with Crippen molar-refractivity contribution in [3.8, 4) is 11.5 Å². The molecule has 1 saturated heterocycles. The van der Waals surface area contributed by atoms with Crippen molar-refractivity contribution in [2.75, 3.05) is 13.2 Å². The maximum atomic E-state index is 13.4. The summed E-state index contributed by atoms with van der Waals surface area (Å²) in [4.78, 5) is 32.4. The summed E-state index contributed by atoms with van der Waals surface area (Å²) < 4.78 is 13.6. The first-order chi connectivity index (χ1) is 18.5. The van der Waals surface area contributed by atoms with Crippen LogP contribution in [-0.2, 0) is 22.6 Å². The van der Waals surface area contributed by atoms with Crippen molar-refractivity contribution < 1.29 is 24.2 Å². The molecule has 3 aromatic rings. The smallest absolute Gasteiger partial charge is 0.295 e. The number of unbranched alkanes of at least 4 members (excludes halogenated alkanes) is 1. The van der Waals surface area contributed by atoms with Crippen molar-refractivity contribution in [1.82, 2.24) is 14.5 Å². The summed E-state index contributed by atoms with van der Waals surface area (Å²) >= 11 is 0. The van der Waals surface area contributed by atoms with E-state index in [1.165, 1.54) is 0 Å². The van der Waals surface area contributed by atoms with Crippen LogP contribution in [0.25, 0.3) is 5.76 Å². The maximum Gasteiger partial charge on any atom is 0.295 e. The molecule has 2 aliphatic heterocycles. The molecule has 1 amide bonds. The van der Waals surface area contributed by atoms with Gasteiger partial charge in [0.15, 0.2) is 0 Å². The summed E-state index contributed by atoms with van der Waals surface area (Å²) in [6.07, 6.45) is 8.64. The van der Waals surface area contributed by atoms with Gasteiger partial charge in [0.2, 0.25) is 0 Å². The van der Waals surface area contributed by atoms with Gasteiger partial charge in [0, 0.05) is 37.5 Å². The van der Waals surface area contributed by atoms with Crippen LogP contribution in [0.15, 0.2) is 66.8 Å². The number of carbonyl (C=O) groups is 2. The zero-order chi connectivity index (χ0) is 26.6. The molecule has 1 aromatic heterocycles. The number of carbonyl (C=O) groups excluding carboxylic acids is 2. The highest BCUT2D eigenvalue weighted by Crippen LogP contribution is 2.41. The van der Waals surface area contributed by atoms with Crippen LogP contribution < -0.4 is 9.47 Å². The normalized spacial score (nSPS) is 20.0. The Morgan fingerprint density at radius 2 is 2.03 bits per heavy atom. The van der Waals surface area contributed by atoms with Crippen LogP contribution in [0.5, 0.6) is 11.5 Å². The number of aliphatic hydroxyl groups is 1. The molecule has 0 bridgehead atoms. The number of ether oxygens (including phenoxy) is 2. The van der Waals surface area contributed by atoms with Crippen LogP contribution in [0.3, 0.4) is 0 Å². The van der Waals surface area contributed by atoms with Crippen LogP contribution in [0.2, 0.25) is 0 Å². The number of fused-ring (bicyclic) bond motifs is 1. The molecule has 3 heterocycles. The molecule has 2 aromatic carbocycles. The predicted molar refractivity (Wildman–Crippen MR) is 143 cm³/mol. The molecule has 1 fully saturated rings. The molecule has 2 unspecified atom stereocenters. The Hall–Kier alpha value is -4.07. The van der Waals surface area contributed by atoms with Gasteiger partial charge in [-0.3, -0.25) is 9.59 Å². The maximum absolute atomic E-state index is 13.4. The number of benzene rings is 2. The fourth-order valence-electron chi connectivity index (χ4n) is 5.13. The Labute approximate surface area is 222 Å². The molecule has 198 valence electrons. The van der Waals surface area contributed by atoms with Crippen LogP contribution in [0, 0.1) is 0 Å². The second-order valence-corrected chi connectivity index (χ2v) is 9.88. The number of ketones is 1. The number of rotatable bonds is 10. The SMILES string of the molecule is CCCCOc1cccc(C2/C(=C(\O)c3ccc4c(c3)CC(C)O4)C(=O)C(=O)N2CCCn2ccnc2)c1. The van der Waals surface area contributed by atoms with Crippen LogP contribution in [-0.4, -0.2) is 50.5 Å². The van der Waals surface area contributed by atoms with Crippen molar-refractivity contribution in [2.45, 2.75) is 58.2 Å². The first kappa shape index (κ1) is 25.6. The number of nitrogens with zero attached hydrogens (tertiary/aromatic N) is 3. The number of aliphatic hydroxyl groups excluding tert-OH is 1. The van der Waals surface area contributed by atoms with E-state index >= 15 is 0 Å². The third kappa shape index (κ3) is 5.16. The Balaban J connectivity index is 1.51. The average Bonchev–Trinajstić information content (AvgIpc) is 3.62. The molecule has 8 heteroatoms. The lowest BCUT2D eigenvalue weighted by Gasteiger charge is -2.26. The van der Waals surface area contributed by atoms with Crippen LogP contribution in [0.4, 0.5) is 0 Å². The van der Waals surface area contributed by atoms with E-state index in [1.54, 1.807) is 23.5 Å². The predicted octanol–water partition coefficient (Wildman–Crippen LogP) is 4.90. The molecule has 0 radical (unpaired) electrons. The van der Waals surface area contributed by atoms with Crippen LogP contribution in [0.1, 0.15) is 55.8 Å². The first-order valence-corrected chi connectivity index (χ1v) is 13.2. The Kier molecular flexibility index (Phi) is 7.49. The van der Waals surface area contributed by atoms with Gasteiger partial charge in [0.1, 0.15) is 23.4 Å². The van der Waals surface area contributed by atoms with Gasteiger partial charge in [-0.2, -0.15) is 0 Å². The van der Waals surface area contributed by atoms with Gasteiger partial charge in [0.25, 0.3) is 11.7 Å². The first-order valence-electron chi connectivity index (χ1n) is 13.2. The third-order valence-electron chi connectivity index (χ3n) is 7.02. The second kappa shape index (κ2) is 11.1. The Morgan fingerprint density at radius 1 is 1.16 bits per heavy atom. The number of aromatic nitrogens is 2. The number of hydrogen-bond acceptors (Lipinski definition) is 6. The number of amides is 1. The highest BCUT2D eigenvalue weighted by Gasteiger charge is 2.46. The summed E-state index contributed by atoms with van der Waals surface area (Å²) in [5, 5.41) is 11.5. The summed E-state index contributed by atoms with van der Waals surface area (Å²) in [6, 6.07) is 12.1. The number of hydrogen-bond donors (Lipinski definition) is 1. The molecule has 0 spiro atoms. The monoisotopic (exact) mass is 515 g/mol. The number of likely N-dealkylation sites (tertiary alicyclic amines) is 1. The van der Waals surface area contributed by atoms with E-state index in [4.69, 9.17) is 9.47 Å². The van der Waals surface area contributed by atoms with E-state index < -0.39 is 17.7 Å². The van der Waals surface area contributed by atoms with E-state index in [0.717, 1.165) is 36.1 Å². The Bertz CT molecular complexity index is 1350. The van der Waals surface area contributed by atoms with Gasteiger partial charge >= 0.3 is 0 Å². The van der Waals surface area contributed by atoms with Gasteiger partial charge in [-0.1, -0.05) is 25.5 Å². The number of imidazole rings is 1. The molecule has 2 aliphatic rings. The fourth-order valence-corrected chi connectivity index (χ4v) is 5.13. The molecule has 5 rings (SSSR count). The molecule has 38 heavy (non-hydrogen) atoms. The van der Waals surface area contributed by atoms with Crippen molar-refractivity contribution in [3.63, 3.8) is 0 Å². The van der Waals surface area contributed by atoms with Gasteiger partial charge in [-0.05, 0) is 61.2 Å². The van der Waals surface area contributed by atoms with Gasteiger partial charge in [-0.15, -0.1) is 0 Å². The summed E-state index contributed by atoms with van der Waals surface area (Å²) in [6.45, 7) is 5.67. The largest absolute Gasteiger partial charge is 0.507 e. The zero-order valence-corrected chi connectivity index (χ0v) is 21.8. The average molecular weight is 516 g/mol. The lowest BCUT2D eigenvalue weighted by molar-refractivity contribution is -0.139. The molecule has 2 atom stereocenters. The Morgan fingerprint density at radius 3 is 2.82 bits per heavy atom. The standard InChI is InChI=1S/C30H33N3O5/c1-3-4-15-37-24-8-5-7-21(18-24)27-26(28(34)22-9-10-25-23(17-22)16-20(2)38-25)29(35)30(36)33(27)13-6-12-32-14-11-31-19-32/h5,7-11,14,17-20,27,34H,3-4,6,12-13,15-16H2,1-2H3/b28-26+. The molecule has 0 saturated carbocycles. The molecule has 0 aliphatic carbocycles. The summed E-state index contributed by atoms with van der Waals surface area (Å²) in [5.41, 5.74) is 2.29. The third-order valence-corrected chi connectivity index (χ3v) is 7.02. The van der Waals surface area contributed by atoms with E-state index in [9.17, 15) is 14.7 Å². The van der Waals surface area contributed by atoms with Gasteiger partial charge < -0.3 is 24.0 Å². The zero-order valence-electron chi connectivity index (χ0n) is 21.8. The minimum atomic E-state index is -0.726. The highest BCUT2D eigenvalue weighted by molar-refractivity contribution is 6.46. The van der Waals surface area contributed by atoms with E-state index in [1.807, 2.05) is 54.1 Å². The summed E-state index contributed by atoms with van der Waals surface area (Å²) in [7, 11) is 0. The van der Waals surface area contributed by atoms with E-state index in [0.29, 0.717) is 37.4 Å². The minimum absolute atomic E-state index is 0.0546. The quantitative estimate of drug-likeness (QED) is 0.179. The highest BCUT2D eigenvalue weighted by atomic mass is 16.5. The van der Waals surface area contributed by atoms with Crippen molar-refractivity contribution in [3.05, 3.63) is 83.4 Å². The molecular formula is C30H33N3O5. The fraction of sp³-hybridized carbons (Fsp3) is 0.367. The van der Waals surface area contributed by atoms with E-state index in [2.05, 4.69) is 11.9 Å². The lowest BCUT2D eigenvalue weighted by Crippen LogP contribution is -2.31. The topological polar surface area (TPSA) is 93.9 Å². The van der Waals surface area contributed by atoms with Crippen molar-refractivity contribution in [1.29, 1.82) is 0 Å². The number of Topliss-reactive ketones (excluding diaryl/α,β-unsaturated/α-hetero) is 1. The van der Waals surface area contributed by atoms with Gasteiger partial charge in [-0.25, -0.2) is 4.98 Å². The summed E-state index contributed by atoms with van der Waals surface area (Å²) in [5.74, 6) is -0.0219. The molecule has 8 nitrogen and oxygen atoms in total. The van der Waals surface area contributed by atoms with Crippen molar-refractivity contribution >= 4 is 17.4 Å². The lowest BCUT2D eigenvalue weighted by atomic mass is 9.94. The number of aryl methyl sites for hydroxylation is 1. The minimum Gasteiger partial charge on any atom is -0.507 e. The second-order valence-electron chi connectivity index (χ2n) is 9.88. The molecule has 1 N–H and O–H groups in total. The van der Waals surface area contributed by atoms with Gasteiger partial charge in [0.05, 0.1) is 24.5 Å². The van der Waals surface area contributed by atoms with Crippen molar-refractivity contribution in [2.24, 2.45) is 0 Å².